The monoisotopic (exact) mass is 267 g/mol. The number of hydrogen-bond donors (Lipinski definition) is 0. The molecule has 0 aliphatic carbocycles. The molecular weight excluding hydrogens is 238 g/mol. The van der Waals surface area contributed by atoms with Gasteiger partial charge in [0.15, 0.2) is 0 Å². The van der Waals surface area contributed by atoms with Gasteiger partial charge in [0.25, 0.3) is 0 Å². The zero-order valence-electron chi connectivity index (χ0n) is 13.5. The average Bonchev–Trinajstić information content (AvgIpc) is 2.28. The van der Waals surface area contributed by atoms with Gasteiger partial charge in [-0.2, -0.15) is 0 Å². The third-order valence-electron chi connectivity index (χ3n) is 1.59. The maximum atomic E-state index is 3.95. The molecule has 0 aromatic rings. The van der Waals surface area contributed by atoms with Gasteiger partial charge in [-0.15, -0.1) is 0 Å². The Kier molecular flexibility index (Phi) is 15.6. The predicted molar refractivity (Wildman–Crippen MR) is 84.0 cm³/mol. The maximum absolute atomic E-state index is 3.95. The molecule has 0 unspecified atom stereocenters. The molecule has 0 bridgehead atoms. The van der Waals surface area contributed by atoms with Crippen molar-refractivity contribution in [1.82, 2.24) is 4.90 Å². The Labute approximate surface area is 118 Å². The van der Waals surface area contributed by atoms with Gasteiger partial charge in [-0.3, -0.25) is 0 Å². The van der Waals surface area contributed by atoms with E-state index in [1.807, 2.05) is 48.7 Å². The molecule has 0 N–H and O–H groups in total. The van der Waals surface area contributed by atoms with E-state index in [2.05, 4.69) is 36.9 Å². The summed E-state index contributed by atoms with van der Waals surface area (Å²) < 4.78 is 0. The van der Waals surface area contributed by atoms with E-state index >= 15 is 0 Å². The van der Waals surface area contributed by atoms with Crippen LogP contribution in [0.1, 0.15) is 34.6 Å². The minimum absolute atomic E-state index is 0.312. The predicted octanol–water partition coefficient (Wildman–Crippen LogP) is 2.72. The molecule has 0 radical (unpaired) electrons. The second-order valence-corrected chi connectivity index (χ2v) is 4.81. The quantitative estimate of drug-likeness (QED) is 0.683. The molecule has 5 nitrogen and oxygen atoms in total. The molecule has 110 valence electrons. The molecule has 0 heterocycles. The molecule has 0 saturated carbocycles. The summed E-state index contributed by atoms with van der Waals surface area (Å²) in [6, 6.07) is 5.87. The van der Waals surface area contributed by atoms with Gasteiger partial charge in [0, 0.05) is 13.1 Å². The molecule has 0 aromatic heterocycles. The van der Waals surface area contributed by atoms with Crippen molar-refractivity contribution in [2.45, 2.75) is 46.7 Å². The van der Waals surface area contributed by atoms with Crippen molar-refractivity contribution in [3.05, 3.63) is 0 Å². The van der Waals surface area contributed by atoms with Crippen LogP contribution in [0.15, 0.2) is 20.0 Å². The Bertz CT molecular complexity index is 294. The lowest BCUT2D eigenvalue weighted by molar-refractivity contribution is 0.421. The highest BCUT2D eigenvalue weighted by molar-refractivity contribution is 5.41. The SMILES string of the molecule is CC(C)N=C=NC(C)C.CCN=C=NCCN(C)C. The zero-order chi connectivity index (χ0) is 15.1. The highest BCUT2D eigenvalue weighted by Crippen LogP contribution is 1.84. The Hall–Kier alpha value is -1.28. The van der Waals surface area contributed by atoms with E-state index in [0.29, 0.717) is 12.1 Å². The van der Waals surface area contributed by atoms with Gasteiger partial charge >= 0.3 is 0 Å². The second-order valence-electron chi connectivity index (χ2n) is 4.81. The summed E-state index contributed by atoms with van der Waals surface area (Å²) in [5.74, 6) is 0. The second kappa shape index (κ2) is 14.8. The molecule has 0 aliphatic heterocycles. The Balaban J connectivity index is 0. The van der Waals surface area contributed by atoms with Crippen molar-refractivity contribution in [1.29, 1.82) is 0 Å². The van der Waals surface area contributed by atoms with Crippen LogP contribution in [0.25, 0.3) is 0 Å². The summed E-state index contributed by atoms with van der Waals surface area (Å²) in [4.78, 5) is 17.8. The van der Waals surface area contributed by atoms with Crippen LogP contribution in [0.5, 0.6) is 0 Å². The van der Waals surface area contributed by atoms with Crippen LogP contribution in [0, 0.1) is 0 Å². The van der Waals surface area contributed by atoms with Crippen molar-refractivity contribution >= 4 is 12.0 Å². The number of nitrogens with zero attached hydrogens (tertiary/aromatic N) is 5. The smallest absolute Gasteiger partial charge is 0.0897 e. The molecule has 0 aromatic carbocycles. The third kappa shape index (κ3) is 26.4. The van der Waals surface area contributed by atoms with Crippen molar-refractivity contribution in [2.75, 3.05) is 33.7 Å². The van der Waals surface area contributed by atoms with Gasteiger partial charge in [0.1, 0.15) is 0 Å². The van der Waals surface area contributed by atoms with E-state index in [9.17, 15) is 0 Å². The number of aliphatic imine (C=N–C) groups is 4. The highest BCUT2D eigenvalue weighted by Gasteiger charge is 1.84. The highest BCUT2D eigenvalue weighted by atomic mass is 15.1. The summed E-state index contributed by atoms with van der Waals surface area (Å²) in [5.41, 5.74) is 0. The summed E-state index contributed by atoms with van der Waals surface area (Å²) in [5, 5.41) is 0. The Morgan fingerprint density at radius 2 is 1.42 bits per heavy atom. The first-order valence-corrected chi connectivity index (χ1v) is 6.77. The molecule has 0 fully saturated rings. The lowest BCUT2D eigenvalue weighted by Gasteiger charge is -2.03. The van der Waals surface area contributed by atoms with Crippen LogP contribution in [0.3, 0.4) is 0 Å². The molecule has 19 heavy (non-hydrogen) atoms. The van der Waals surface area contributed by atoms with Crippen LogP contribution < -0.4 is 0 Å². The van der Waals surface area contributed by atoms with Crippen molar-refractivity contribution in [2.24, 2.45) is 20.0 Å². The largest absolute Gasteiger partial charge is 0.308 e. The maximum Gasteiger partial charge on any atom is 0.0897 e. The first-order chi connectivity index (χ1) is 8.90. The third-order valence-corrected chi connectivity index (χ3v) is 1.59. The fourth-order valence-corrected chi connectivity index (χ4v) is 0.685. The van der Waals surface area contributed by atoms with Crippen LogP contribution >= 0.6 is 0 Å². The minimum Gasteiger partial charge on any atom is -0.308 e. The van der Waals surface area contributed by atoms with Crippen LogP contribution in [-0.4, -0.2) is 62.7 Å². The normalized spacial score (nSPS) is 9.37. The standard InChI is InChI=1S/C7H15N3.C7H14N2/c1-4-8-7-9-5-6-10(2)3;1-6(2)8-5-9-7(3)4/h4-6H2,1-3H3;6-7H,1-4H3. The van der Waals surface area contributed by atoms with Crippen molar-refractivity contribution < 1.29 is 0 Å². The Morgan fingerprint density at radius 1 is 0.895 bits per heavy atom. The fraction of sp³-hybridized carbons (Fsp3) is 0.857. The van der Waals surface area contributed by atoms with E-state index in [1.165, 1.54) is 0 Å². The molecule has 0 saturated heterocycles. The molecule has 0 atom stereocenters. The van der Waals surface area contributed by atoms with Gasteiger partial charge in [0.2, 0.25) is 0 Å². The first-order valence-electron chi connectivity index (χ1n) is 6.77. The number of likely N-dealkylation sites (N-methyl/N-ethyl adjacent to an activating group) is 1. The van der Waals surface area contributed by atoms with E-state index < -0.39 is 0 Å². The van der Waals surface area contributed by atoms with Crippen LogP contribution in [0.4, 0.5) is 0 Å². The summed E-state index contributed by atoms with van der Waals surface area (Å²) >= 11 is 0. The average molecular weight is 267 g/mol. The molecule has 0 rings (SSSR count). The summed E-state index contributed by atoms with van der Waals surface area (Å²) in [6.45, 7) is 12.5. The van der Waals surface area contributed by atoms with Gasteiger partial charge in [-0.25, -0.2) is 20.0 Å². The zero-order valence-corrected chi connectivity index (χ0v) is 13.5. The van der Waals surface area contributed by atoms with Crippen LogP contribution in [0.2, 0.25) is 0 Å². The summed E-state index contributed by atoms with van der Waals surface area (Å²) in [6.07, 6.45) is 0. The van der Waals surface area contributed by atoms with E-state index in [1.54, 1.807) is 0 Å². The first kappa shape index (κ1) is 20.0. The van der Waals surface area contributed by atoms with Crippen molar-refractivity contribution in [3.8, 4) is 0 Å². The molecular formula is C14H29N5. The molecule has 0 spiro atoms. The molecule has 0 amide bonds. The van der Waals surface area contributed by atoms with Crippen LogP contribution in [-0.2, 0) is 0 Å². The van der Waals surface area contributed by atoms with E-state index in [0.717, 1.165) is 19.6 Å². The van der Waals surface area contributed by atoms with Crippen molar-refractivity contribution in [3.63, 3.8) is 0 Å². The molecule has 0 aliphatic rings. The van der Waals surface area contributed by atoms with Gasteiger partial charge in [0.05, 0.1) is 30.6 Å². The van der Waals surface area contributed by atoms with E-state index in [-0.39, 0.29) is 0 Å². The molecule has 5 heteroatoms. The van der Waals surface area contributed by atoms with E-state index in [4.69, 9.17) is 0 Å². The van der Waals surface area contributed by atoms with Gasteiger partial charge < -0.3 is 4.90 Å². The summed E-state index contributed by atoms with van der Waals surface area (Å²) in [7, 11) is 4.04. The number of rotatable bonds is 6. The fourth-order valence-electron chi connectivity index (χ4n) is 0.685. The number of hydrogen-bond acceptors (Lipinski definition) is 5. The lowest BCUT2D eigenvalue weighted by atomic mass is 10.4. The Morgan fingerprint density at radius 3 is 1.79 bits per heavy atom. The minimum atomic E-state index is 0.312. The topological polar surface area (TPSA) is 52.7 Å². The van der Waals surface area contributed by atoms with Gasteiger partial charge in [-0.05, 0) is 48.7 Å². The van der Waals surface area contributed by atoms with Gasteiger partial charge in [-0.1, -0.05) is 0 Å². The lowest BCUT2D eigenvalue weighted by Crippen LogP contribution is -2.15.